The lowest BCUT2D eigenvalue weighted by molar-refractivity contribution is -0.121. The average molecular weight is 632 g/mol. The van der Waals surface area contributed by atoms with Crippen LogP contribution in [0.5, 0.6) is 0 Å². The highest BCUT2D eigenvalue weighted by Gasteiger charge is 2.59. The zero-order valence-electron chi connectivity index (χ0n) is 24.8. The van der Waals surface area contributed by atoms with E-state index in [-0.39, 0.29) is 15.5 Å². The highest BCUT2D eigenvalue weighted by atomic mass is 32.3. The minimum absolute atomic E-state index is 0.195. The van der Waals surface area contributed by atoms with Crippen LogP contribution in [-0.2, 0) is 34.6 Å². The number of hydrogen-bond donors (Lipinski definition) is 0. The van der Waals surface area contributed by atoms with Crippen molar-refractivity contribution in [2.75, 3.05) is 4.90 Å². The molecule has 44 heavy (non-hydrogen) atoms. The molecule has 4 aromatic carbocycles. The van der Waals surface area contributed by atoms with Gasteiger partial charge in [-0.25, -0.2) is 26.5 Å². The second kappa shape index (κ2) is 11.3. The summed E-state index contributed by atoms with van der Waals surface area (Å²) >= 11 is 0. The summed E-state index contributed by atoms with van der Waals surface area (Å²) in [6.07, 6.45) is -1.64. The van der Waals surface area contributed by atoms with E-state index >= 15 is 0 Å². The molecule has 0 aromatic heterocycles. The number of carbonyl (C=O) groups excluding carboxylic acids is 2. The van der Waals surface area contributed by atoms with Gasteiger partial charge in [0, 0.05) is 6.42 Å². The Morgan fingerprint density at radius 1 is 0.750 bits per heavy atom. The van der Waals surface area contributed by atoms with Gasteiger partial charge in [-0.05, 0) is 69.2 Å². The SMILES string of the molecule is Cc1ccc([C@@]2(CC(S(=O)(=O)c3ccccc3)S(=O)(=O)c3ccccc3)C(=O)N(C(=O)OC(C)(C)C)c3ccccc32)cc1. The van der Waals surface area contributed by atoms with Crippen molar-refractivity contribution in [3.63, 3.8) is 0 Å². The molecule has 0 bridgehead atoms. The molecule has 1 heterocycles. The maximum Gasteiger partial charge on any atom is 0.421 e. The number of fused-ring (bicyclic) bond motifs is 1. The number of hydrogen-bond acceptors (Lipinski definition) is 7. The summed E-state index contributed by atoms with van der Waals surface area (Å²) in [4.78, 5) is 28.9. The molecule has 10 heteroatoms. The van der Waals surface area contributed by atoms with Crippen LogP contribution in [0.25, 0.3) is 0 Å². The van der Waals surface area contributed by atoms with E-state index in [1.807, 2.05) is 6.92 Å². The Bertz CT molecular complexity index is 1850. The van der Waals surface area contributed by atoms with Gasteiger partial charge in [0.05, 0.1) is 15.5 Å². The van der Waals surface area contributed by atoms with Crippen LogP contribution in [0.1, 0.15) is 43.9 Å². The number of ether oxygens (including phenoxy) is 1. The van der Waals surface area contributed by atoms with Gasteiger partial charge in [0.25, 0.3) is 5.91 Å². The van der Waals surface area contributed by atoms with Gasteiger partial charge in [-0.1, -0.05) is 84.4 Å². The molecule has 8 nitrogen and oxygen atoms in total. The molecular formula is C34H33NO7S2. The predicted octanol–water partition coefficient (Wildman–Crippen LogP) is 6.23. The first kappa shape index (κ1) is 31.2. The van der Waals surface area contributed by atoms with Crippen LogP contribution in [0.3, 0.4) is 0 Å². The molecule has 2 amide bonds. The molecule has 4 aromatic rings. The van der Waals surface area contributed by atoms with Crippen molar-refractivity contribution in [2.45, 2.75) is 59.5 Å². The van der Waals surface area contributed by atoms with Crippen molar-refractivity contribution in [2.24, 2.45) is 0 Å². The second-order valence-corrected chi connectivity index (χ2v) is 16.3. The smallest absolute Gasteiger partial charge is 0.421 e. The predicted molar refractivity (Wildman–Crippen MR) is 168 cm³/mol. The first-order chi connectivity index (χ1) is 20.7. The van der Waals surface area contributed by atoms with Crippen LogP contribution >= 0.6 is 0 Å². The molecule has 0 N–H and O–H groups in total. The van der Waals surface area contributed by atoms with Crippen molar-refractivity contribution < 1.29 is 31.2 Å². The molecule has 5 rings (SSSR count). The fourth-order valence-corrected chi connectivity index (χ4v) is 10.1. The van der Waals surface area contributed by atoms with Gasteiger partial charge in [-0.3, -0.25) is 4.79 Å². The summed E-state index contributed by atoms with van der Waals surface area (Å²) in [5.74, 6) is -0.798. The molecule has 228 valence electrons. The number of nitrogens with zero attached hydrogens (tertiary/aromatic N) is 1. The van der Waals surface area contributed by atoms with E-state index in [9.17, 15) is 26.4 Å². The van der Waals surface area contributed by atoms with Crippen LogP contribution in [0.4, 0.5) is 10.5 Å². The summed E-state index contributed by atoms with van der Waals surface area (Å²) in [6.45, 7) is 6.86. The Morgan fingerprint density at radius 2 is 1.23 bits per heavy atom. The van der Waals surface area contributed by atoms with Gasteiger partial charge in [0.1, 0.15) is 11.0 Å². The van der Waals surface area contributed by atoms with Crippen molar-refractivity contribution in [1.29, 1.82) is 0 Å². The van der Waals surface area contributed by atoms with Crippen molar-refractivity contribution in [3.8, 4) is 0 Å². The van der Waals surface area contributed by atoms with Gasteiger partial charge in [-0.15, -0.1) is 0 Å². The lowest BCUT2D eigenvalue weighted by Crippen LogP contribution is -2.49. The third kappa shape index (κ3) is 5.44. The summed E-state index contributed by atoms with van der Waals surface area (Å²) in [6, 6.07) is 28.0. The molecule has 1 aliphatic rings. The highest BCUT2D eigenvalue weighted by Crippen LogP contribution is 2.51. The lowest BCUT2D eigenvalue weighted by atomic mass is 9.73. The van der Waals surface area contributed by atoms with Crippen molar-refractivity contribution in [1.82, 2.24) is 0 Å². The summed E-state index contributed by atoms with van der Waals surface area (Å²) < 4.78 is 61.1. The molecule has 0 spiro atoms. The van der Waals surface area contributed by atoms with Crippen molar-refractivity contribution in [3.05, 3.63) is 126 Å². The number of carbonyl (C=O) groups is 2. The Balaban J connectivity index is 1.81. The molecule has 0 fully saturated rings. The molecule has 0 saturated carbocycles. The monoisotopic (exact) mass is 631 g/mol. The van der Waals surface area contributed by atoms with E-state index in [0.717, 1.165) is 10.5 Å². The second-order valence-electron chi connectivity index (χ2n) is 11.8. The third-order valence-electron chi connectivity index (χ3n) is 7.60. The molecule has 0 aliphatic carbocycles. The highest BCUT2D eigenvalue weighted by molar-refractivity contribution is 8.09. The number of anilines is 1. The molecule has 0 saturated heterocycles. The van der Waals surface area contributed by atoms with Gasteiger partial charge in [-0.2, -0.15) is 0 Å². The Labute approximate surface area is 258 Å². The maximum absolute atomic E-state index is 14.8. The summed E-state index contributed by atoms with van der Waals surface area (Å²) in [7, 11) is -9.23. The number of sulfone groups is 2. The Morgan fingerprint density at radius 3 is 1.73 bits per heavy atom. The zero-order valence-corrected chi connectivity index (χ0v) is 26.4. The van der Waals surface area contributed by atoms with E-state index in [0.29, 0.717) is 11.1 Å². The van der Waals surface area contributed by atoms with Gasteiger partial charge < -0.3 is 4.74 Å². The molecular weight excluding hydrogens is 599 g/mol. The quantitative estimate of drug-likeness (QED) is 0.238. The topological polar surface area (TPSA) is 115 Å². The lowest BCUT2D eigenvalue weighted by Gasteiger charge is -2.33. The van der Waals surface area contributed by atoms with E-state index in [1.165, 1.54) is 48.5 Å². The minimum Gasteiger partial charge on any atom is -0.443 e. The van der Waals surface area contributed by atoms with Crippen LogP contribution in [-0.4, -0.2) is 39.0 Å². The fourth-order valence-electron chi connectivity index (χ4n) is 5.53. The van der Waals surface area contributed by atoms with Crippen LogP contribution in [0.15, 0.2) is 119 Å². The third-order valence-corrected chi connectivity index (χ3v) is 12.7. The van der Waals surface area contributed by atoms with Gasteiger partial charge in [0.2, 0.25) is 0 Å². The molecule has 0 radical (unpaired) electrons. The first-order valence-corrected chi connectivity index (χ1v) is 17.1. The summed E-state index contributed by atoms with van der Waals surface area (Å²) in [5, 5.41) is 0. The standard InChI is InChI=1S/C34H33NO7S2/c1-24-19-21-25(22-20-24)34(28-17-11-12-18-29(28)35(31(34)36)32(37)42-33(2,3)4)23-30(43(38,39)26-13-7-5-8-14-26)44(40,41)27-15-9-6-10-16-27/h5-22,30H,23H2,1-4H3/t34-/m1/s1. The van der Waals surface area contributed by atoms with Crippen LogP contribution in [0.2, 0.25) is 0 Å². The van der Waals surface area contributed by atoms with E-state index in [2.05, 4.69) is 0 Å². The van der Waals surface area contributed by atoms with E-state index in [1.54, 1.807) is 81.4 Å². The normalized spacial score (nSPS) is 17.0. The number of aryl methyl sites for hydroxylation is 1. The Kier molecular flexibility index (Phi) is 8.02. The molecule has 0 unspecified atom stereocenters. The minimum atomic E-state index is -4.62. The van der Waals surface area contributed by atoms with Gasteiger partial charge in [0.15, 0.2) is 24.3 Å². The number of benzene rings is 4. The van der Waals surface area contributed by atoms with Crippen LogP contribution < -0.4 is 4.90 Å². The largest absolute Gasteiger partial charge is 0.443 e. The van der Waals surface area contributed by atoms with Gasteiger partial charge >= 0.3 is 6.09 Å². The molecule has 1 aliphatic heterocycles. The van der Waals surface area contributed by atoms with E-state index in [4.69, 9.17) is 4.74 Å². The zero-order chi connectivity index (χ0) is 31.9. The maximum atomic E-state index is 14.8. The number of rotatable bonds is 7. The summed E-state index contributed by atoms with van der Waals surface area (Å²) in [5.41, 5.74) is -1.11. The van der Waals surface area contributed by atoms with Crippen LogP contribution in [0, 0.1) is 6.92 Å². The molecule has 1 atom stereocenters. The first-order valence-electron chi connectivity index (χ1n) is 14.0. The number of amides is 2. The van der Waals surface area contributed by atoms with E-state index < -0.39 is 53.7 Å². The fraction of sp³-hybridized carbons (Fsp3) is 0.235. The number of para-hydroxylation sites is 1. The number of imide groups is 1. The van der Waals surface area contributed by atoms with Crippen molar-refractivity contribution >= 4 is 37.4 Å². The Hall–Kier alpha value is -4.28. The average Bonchev–Trinajstić information content (AvgIpc) is 3.24.